The highest BCUT2D eigenvalue weighted by Gasteiger charge is 2.88. The summed E-state index contributed by atoms with van der Waals surface area (Å²) in [5.41, 5.74) is -1.55. The number of esters is 1. The number of fused-ring (bicyclic) bond motifs is 3. The SMILES string of the molecule is C[C@]1(C(=O)c2ccc(Cl)cc2)[C@H]2c3ccccc3OC(=O)[C@@]21C(=O)N1CCCCC1. The van der Waals surface area contributed by atoms with Gasteiger partial charge in [0.25, 0.3) is 0 Å². The van der Waals surface area contributed by atoms with Gasteiger partial charge in [-0.1, -0.05) is 29.8 Å². The third-order valence-electron chi connectivity index (χ3n) is 7.06. The Hall–Kier alpha value is -2.66. The lowest BCUT2D eigenvalue weighted by Crippen LogP contribution is -2.49. The highest BCUT2D eigenvalue weighted by atomic mass is 35.5. The second-order valence-electron chi connectivity index (χ2n) is 8.56. The van der Waals surface area contributed by atoms with E-state index in [1.807, 2.05) is 12.1 Å². The quantitative estimate of drug-likeness (QED) is 0.320. The molecule has 5 nitrogen and oxygen atoms in total. The third-order valence-corrected chi connectivity index (χ3v) is 7.31. The first kappa shape index (κ1) is 19.3. The lowest BCUT2D eigenvalue weighted by atomic mass is 9.85. The summed E-state index contributed by atoms with van der Waals surface area (Å²) in [5.74, 6) is -1.24. The van der Waals surface area contributed by atoms with E-state index in [9.17, 15) is 14.4 Å². The van der Waals surface area contributed by atoms with E-state index in [0.29, 0.717) is 29.4 Å². The Morgan fingerprint density at radius 2 is 1.70 bits per heavy atom. The van der Waals surface area contributed by atoms with Gasteiger partial charge < -0.3 is 9.64 Å². The Kier molecular flexibility index (Phi) is 4.30. The van der Waals surface area contributed by atoms with Gasteiger partial charge in [0.05, 0.1) is 5.41 Å². The van der Waals surface area contributed by atoms with Crippen LogP contribution in [0, 0.1) is 10.8 Å². The van der Waals surface area contributed by atoms with Gasteiger partial charge in [-0.05, 0) is 56.5 Å². The first-order valence-electron chi connectivity index (χ1n) is 10.3. The van der Waals surface area contributed by atoms with Gasteiger partial charge in [0.2, 0.25) is 5.91 Å². The third kappa shape index (κ3) is 2.38. The Morgan fingerprint density at radius 3 is 2.40 bits per heavy atom. The molecular formula is C24H22ClNO4. The van der Waals surface area contributed by atoms with Crippen LogP contribution in [-0.4, -0.2) is 35.6 Å². The summed E-state index contributed by atoms with van der Waals surface area (Å²) in [6, 6.07) is 13.8. The molecule has 5 rings (SSSR count). The molecule has 3 atom stereocenters. The monoisotopic (exact) mass is 423 g/mol. The number of carbonyl (C=O) groups is 3. The van der Waals surface area contributed by atoms with Crippen LogP contribution in [0.5, 0.6) is 5.75 Å². The smallest absolute Gasteiger partial charge is 0.328 e. The van der Waals surface area contributed by atoms with Gasteiger partial charge in [-0.3, -0.25) is 14.4 Å². The van der Waals surface area contributed by atoms with E-state index < -0.39 is 22.7 Å². The molecule has 0 unspecified atom stereocenters. The summed E-state index contributed by atoms with van der Waals surface area (Å²) >= 11 is 5.99. The second kappa shape index (κ2) is 6.67. The number of halogens is 1. The molecule has 2 aromatic rings. The standard InChI is InChI=1S/C24H22ClNO4/c1-23(20(27)15-9-11-16(25)12-10-15)19-17-7-3-4-8-18(17)30-22(29)24(19,23)21(28)26-13-5-2-6-14-26/h3-4,7-12,19H,2,5-6,13-14H2,1H3/t19-,23-,24+/m1/s1. The molecule has 1 aliphatic carbocycles. The van der Waals surface area contributed by atoms with Crippen LogP contribution in [0.15, 0.2) is 48.5 Å². The Morgan fingerprint density at radius 1 is 1.03 bits per heavy atom. The van der Waals surface area contributed by atoms with Crippen LogP contribution in [0.2, 0.25) is 5.02 Å². The number of amides is 1. The van der Waals surface area contributed by atoms with Gasteiger partial charge in [-0.15, -0.1) is 0 Å². The fraction of sp³-hybridized carbons (Fsp3) is 0.375. The van der Waals surface area contributed by atoms with E-state index >= 15 is 0 Å². The van der Waals surface area contributed by atoms with Crippen LogP contribution in [0.3, 0.4) is 0 Å². The van der Waals surface area contributed by atoms with E-state index in [1.54, 1.807) is 48.2 Å². The lowest BCUT2D eigenvalue weighted by molar-refractivity contribution is -0.154. The minimum atomic E-state index is -1.52. The number of likely N-dealkylation sites (tertiary alicyclic amines) is 1. The lowest BCUT2D eigenvalue weighted by Gasteiger charge is -2.32. The highest BCUT2D eigenvalue weighted by Crippen LogP contribution is 2.78. The van der Waals surface area contributed by atoms with Crippen molar-refractivity contribution in [1.29, 1.82) is 0 Å². The number of nitrogens with zero attached hydrogens (tertiary/aromatic N) is 1. The number of carbonyl (C=O) groups excluding carboxylic acids is 3. The minimum absolute atomic E-state index is 0.233. The molecule has 0 radical (unpaired) electrons. The van der Waals surface area contributed by atoms with E-state index in [-0.39, 0.29) is 11.7 Å². The first-order valence-corrected chi connectivity index (χ1v) is 10.7. The maximum atomic E-state index is 13.8. The van der Waals surface area contributed by atoms with Gasteiger partial charge >= 0.3 is 5.97 Å². The molecule has 3 aliphatic rings. The molecule has 154 valence electrons. The maximum Gasteiger partial charge on any atom is 0.328 e. The second-order valence-corrected chi connectivity index (χ2v) is 9.00. The van der Waals surface area contributed by atoms with E-state index in [4.69, 9.17) is 16.3 Å². The predicted molar refractivity (Wildman–Crippen MR) is 112 cm³/mol. The fourth-order valence-electron chi connectivity index (χ4n) is 5.48. The van der Waals surface area contributed by atoms with Gasteiger partial charge in [0, 0.05) is 35.2 Å². The average Bonchev–Trinajstić information content (AvgIpc) is 3.37. The summed E-state index contributed by atoms with van der Waals surface area (Å²) in [6.07, 6.45) is 2.87. The van der Waals surface area contributed by atoms with Crippen LogP contribution < -0.4 is 4.74 Å². The van der Waals surface area contributed by atoms with Crippen molar-refractivity contribution in [3.8, 4) is 5.75 Å². The molecule has 30 heavy (non-hydrogen) atoms. The van der Waals surface area contributed by atoms with Crippen molar-refractivity contribution in [3.63, 3.8) is 0 Å². The largest absolute Gasteiger partial charge is 0.425 e. The number of para-hydroxylation sites is 1. The van der Waals surface area contributed by atoms with Crippen molar-refractivity contribution in [3.05, 3.63) is 64.7 Å². The molecule has 0 spiro atoms. The molecule has 6 heteroatoms. The average molecular weight is 424 g/mol. The molecule has 1 saturated heterocycles. The topological polar surface area (TPSA) is 63.7 Å². The van der Waals surface area contributed by atoms with Crippen molar-refractivity contribution < 1.29 is 19.1 Å². The maximum absolute atomic E-state index is 13.8. The Balaban J connectivity index is 1.65. The number of hydrogen-bond acceptors (Lipinski definition) is 4. The van der Waals surface area contributed by atoms with Crippen molar-refractivity contribution in [2.45, 2.75) is 32.1 Å². The number of ether oxygens (including phenoxy) is 1. The van der Waals surface area contributed by atoms with Gasteiger partial charge in [-0.2, -0.15) is 0 Å². The number of rotatable bonds is 3. The molecule has 0 N–H and O–H groups in total. The summed E-state index contributed by atoms with van der Waals surface area (Å²) in [5, 5.41) is 0.522. The van der Waals surface area contributed by atoms with Crippen molar-refractivity contribution >= 4 is 29.3 Å². The van der Waals surface area contributed by atoms with E-state index in [1.165, 1.54) is 0 Å². The van der Waals surface area contributed by atoms with Crippen molar-refractivity contribution in [2.75, 3.05) is 13.1 Å². The van der Waals surface area contributed by atoms with Crippen LogP contribution >= 0.6 is 11.6 Å². The summed E-state index contributed by atoms with van der Waals surface area (Å²) in [4.78, 5) is 42.6. The molecule has 0 aromatic heterocycles. The minimum Gasteiger partial charge on any atom is -0.425 e. The van der Waals surface area contributed by atoms with Gasteiger partial charge in [-0.25, -0.2) is 0 Å². The molecule has 2 heterocycles. The zero-order valence-electron chi connectivity index (χ0n) is 16.7. The molecule has 1 saturated carbocycles. The van der Waals surface area contributed by atoms with Crippen molar-refractivity contribution in [1.82, 2.24) is 4.90 Å². The molecule has 1 amide bonds. The predicted octanol–water partition coefficient (Wildman–Crippen LogP) is 4.24. The van der Waals surface area contributed by atoms with Gasteiger partial charge in [0.15, 0.2) is 11.2 Å². The molecule has 2 aromatic carbocycles. The zero-order chi connectivity index (χ0) is 21.1. The number of benzene rings is 2. The number of piperidine rings is 1. The number of hydrogen-bond donors (Lipinski definition) is 0. The van der Waals surface area contributed by atoms with E-state index in [0.717, 1.165) is 24.8 Å². The van der Waals surface area contributed by atoms with Crippen LogP contribution in [0.4, 0.5) is 0 Å². The zero-order valence-corrected chi connectivity index (χ0v) is 17.4. The first-order chi connectivity index (χ1) is 14.4. The Labute approximate surface area is 180 Å². The summed E-state index contributed by atoms with van der Waals surface area (Å²) < 4.78 is 5.64. The molecule has 0 bridgehead atoms. The highest BCUT2D eigenvalue weighted by molar-refractivity contribution is 6.30. The summed E-state index contributed by atoms with van der Waals surface area (Å²) in [6.45, 7) is 2.95. The number of ketones is 1. The van der Waals surface area contributed by atoms with Crippen molar-refractivity contribution in [2.24, 2.45) is 10.8 Å². The van der Waals surface area contributed by atoms with E-state index in [2.05, 4.69) is 0 Å². The molecular weight excluding hydrogens is 402 g/mol. The number of Topliss-reactive ketones (excluding diaryl/α,β-unsaturated/α-hetero) is 1. The summed E-state index contributed by atoms with van der Waals surface area (Å²) in [7, 11) is 0. The van der Waals surface area contributed by atoms with Crippen LogP contribution in [0.25, 0.3) is 0 Å². The molecule has 2 aliphatic heterocycles. The van der Waals surface area contributed by atoms with Crippen LogP contribution in [0.1, 0.15) is 48.0 Å². The van der Waals surface area contributed by atoms with Crippen LogP contribution in [-0.2, 0) is 9.59 Å². The van der Waals surface area contributed by atoms with Gasteiger partial charge in [0.1, 0.15) is 5.75 Å². The Bertz CT molecular complexity index is 1060. The fourth-order valence-corrected chi connectivity index (χ4v) is 5.60. The molecule has 2 fully saturated rings. The normalized spacial score (nSPS) is 29.5.